The SMILES string of the molecule is Cn1nc(-c2c(F)cccc2Cl)nc1CNc1ccc(Cl)cc1. The molecule has 7 heteroatoms. The fourth-order valence-corrected chi connectivity index (χ4v) is 2.51. The van der Waals surface area contributed by atoms with E-state index in [1.807, 2.05) is 12.1 Å². The van der Waals surface area contributed by atoms with Crippen molar-refractivity contribution in [1.29, 1.82) is 0 Å². The second-order valence-electron chi connectivity index (χ2n) is 4.93. The lowest BCUT2D eigenvalue weighted by molar-refractivity contribution is 0.629. The highest BCUT2D eigenvalue weighted by Crippen LogP contribution is 2.28. The molecule has 0 saturated carbocycles. The molecule has 0 spiro atoms. The Labute approximate surface area is 142 Å². The van der Waals surface area contributed by atoms with Crippen LogP contribution in [0.2, 0.25) is 10.0 Å². The second kappa shape index (κ2) is 6.56. The predicted octanol–water partition coefficient (Wildman–Crippen LogP) is 4.54. The van der Waals surface area contributed by atoms with Crippen molar-refractivity contribution in [3.63, 3.8) is 0 Å². The van der Waals surface area contributed by atoms with E-state index in [1.165, 1.54) is 6.07 Å². The molecule has 1 N–H and O–H groups in total. The van der Waals surface area contributed by atoms with Gasteiger partial charge in [-0.25, -0.2) is 9.37 Å². The number of anilines is 1. The quantitative estimate of drug-likeness (QED) is 0.750. The van der Waals surface area contributed by atoms with Crippen LogP contribution in [0, 0.1) is 5.82 Å². The predicted molar refractivity (Wildman–Crippen MR) is 90.2 cm³/mol. The number of aryl methyl sites for hydroxylation is 1. The summed E-state index contributed by atoms with van der Waals surface area (Å²) in [5.74, 6) is 0.484. The molecule has 2 aromatic carbocycles. The molecule has 4 nitrogen and oxygen atoms in total. The highest BCUT2D eigenvalue weighted by molar-refractivity contribution is 6.33. The molecule has 3 aromatic rings. The van der Waals surface area contributed by atoms with E-state index in [0.717, 1.165) is 5.69 Å². The van der Waals surface area contributed by atoms with Gasteiger partial charge in [0.25, 0.3) is 0 Å². The topological polar surface area (TPSA) is 42.7 Å². The van der Waals surface area contributed by atoms with Crippen molar-refractivity contribution >= 4 is 28.9 Å². The van der Waals surface area contributed by atoms with Crippen LogP contribution in [0.15, 0.2) is 42.5 Å². The first kappa shape index (κ1) is 15.8. The van der Waals surface area contributed by atoms with Gasteiger partial charge in [-0.15, -0.1) is 0 Å². The van der Waals surface area contributed by atoms with Gasteiger partial charge in [-0.05, 0) is 36.4 Å². The third kappa shape index (κ3) is 3.46. The molecule has 0 radical (unpaired) electrons. The monoisotopic (exact) mass is 350 g/mol. The van der Waals surface area contributed by atoms with Gasteiger partial charge in [0.15, 0.2) is 5.82 Å². The molecule has 0 aliphatic rings. The molecule has 0 fully saturated rings. The van der Waals surface area contributed by atoms with Crippen molar-refractivity contribution in [1.82, 2.24) is 14.8 Å². The van der Waals surface area contributed by atoms with E-state index in [0.29, 0.717) is 17.4 Å². The maximum Gasteiger partial charge on any atom is 0.185 e. The molecule has 0 aliphatic heterocycles. The van der Waals surface area contributed by atoms with Crippen LogP contribution in [0.4, 0.5) is 10.1 Å². The summed E-state index contributed by atoms with van der Waals surface area (Å²) >= 11 is 11.9. The highest BCUT2D eigenvalue weighted by Gasteiger charge is 2.16. The molecular weight excluding hydrogens is 338 g/mol. The lowest BCUT2D eigenvalue weighted by Gasteiger charge is -2.05. The maximum atomic E-state index is 14.0. The summed E-state index contributed by atoms with van der Waals surface area (Å²) in [7, 11) is 1.75. The average molecular weight is 351 g/mol. The third-order valence-electron chi connectivity index (χ3n) is 3.33. The summed E-state index contributed by atoms with van der Waals surface area (Å²) in [5, 5.41) is 8.42. The molecular formula is C16H13Cl2FN4. The first-order valence-electron chi connectivity index (χ1n) is 6.88. The van der Waals surface area contributed by atoms with Gasteiger partial charge >= 0.3 is 0 Å². The standard InChI is InChI=1S/C16H13Cl2FN4/c1-23-14(9-20-11-7-5-10(17)6-8-11)21-16(22-23)15-12(18)3-2-4-13(15)19/h2-8,20H,9H2,1H3. The second-order valence-corrected chi connectivity index (χ2v) is 5.78. The summed E-state index contributed by atoms with van der Waals surface area (Å²) in [4.78, 5) is 4.37. The minimum absolute atomic E-state index is 0.211. The zero-order chi connectivity index (χ0) is 16.4. The number of nitrogens with one attached hydrogen (secondary N) is 1. The van der Waals surface area contributed by atoms with Crippen molar-refractivity contribution in [2.75, 3.05) is 5.32 Å². The Kier molecular flexibility index (Phi) is 4.50. The number of aromatic nitrogens is 3. The molecule has 0 saturated heterocycles. The van der Waals surface area contributed by atoms with Gasteiger partial charge in [0.1, 0.15) is 11.6 Å². The third-order valence-corrected chi connectivity index (χ3v) is 3.90. The minimum atomic E-state index is -0.444. The molecule has 118 valence electrons. The Hall–Kier alpha value is -2.11. The van der Waals surface area contributed by atoms with Gasteiger partial charge in [0.05, 0.1) is 17.1 Å². The number of hydrogen-bond donors (Lipinski definition) is 1. The van der Waals surface area contributed by atoms with E-state index in [1.54, 1.807) is 36.0 Å². The van der Waals surface area contributed by atoms with Gasteiger partial charge in [0.2, 0.25) is 0 Å². The van der Waals surface area contributed by atoms with Gasteiger partial charge in [-0.2, -0.15) is 5.10 Å². The van der Waals surface area contributed by atoms with E-state index >= 15 is 0 Å². The van der Waals surface area contributed by atoms with Crippen molar-refractivity contribution in [3.8, 4) is 11.4 Å². The largest absolute Gasteiger partial charge is 0.378 e. The van der Waals surface area contributed by atoms with E-state index in [4.69, 9.17) is 23.2 Å². The summed E-state index contributed by atoms with van der Waals surface area (Å²) in [5.41, 5.74) is 1.12. The molecule has 1 heterocycles. The molecule has 0 amide bonds. The van der Waals surface area contributed by atoms with Crippen LogP contribution >= 0.6 is 23.2 Å². The van der Waals surface area contributed by atoms with Crippen molar-refractivity contribution in [2.45, 2.75) is 6.54 Å². The lowest BCUT2D eigenvalue weighted by atomic mass is 10.2. The van der Waals surface area contributed by atoms with Crippen LogP contribution in [0.1, 0.15) is 5.82 Å². The smallest absolute Gasteiger partial charge is 0.185 e. The van der Waals surface area contributed by atoms with Crippen LogP contribution in [0.25, 0.3) is 11.4 Å². The van der Waals surface area contributed by atoms with Crippen LogP contribution in [-0.2, 0) is 13.6 Å². The molecule has 0 bridgehead atoms. The first-order chi connectivity index (χ1) is 11.0. The minimum Gasteiger partial charge on any atom is -0.378 e. The highest BCUT2D eigenvalue weighted by atomic mass is 35.5. The number of benzene rings is 2. The zero-order valence-electron chi connectivity index (χ0n) is 12.2. The van der Waals surface area contributed by atoms with Crippen LogP contribution in [-0.4, -0.2) is 14.8 Å². The van der Waals surface area contributed by atoms with Gasteiger partial charge < -0.3 is 5.32 Å². The van der Waals surface area contributed by atoms with Crippen LogP contribution < -0.4 is 5.32 Å². The average Bonchev–Trinajstić information content (AvgIpc) is 2.87. The first-order valence-corrected chi connectivity index (χ1v) is 7.64. The van der Waals surface area contributed by atoms with E-state index in [-0.39, 0.29) is 16.4 Å². The molecule has 0 atom stereocenters. The number of rotatable bonds is 4. The van der Waals surface area contributed by atoms with E-state index in [9.17, 15) is 4.39 Å². The normalized spacial score (nSPS) is 10.8. The molecule has 0 aliphatic carbocycles. The van der Waals surface area contributed by atoms with Gasteiger partial charge in [0, 0.05) is 17.8 Å². The van der Waals surface area contributed by atoms with Crippen LogP contribution in [0.3, 0.4) is 0 Å². The molecule has 1 aromatic heterocycles. The fourth-order valence-electron chi connectivity index (χ4n) is 2.14. The lowest BCUT2D eigenvalue weighted by Crippen LogP contribution is -2.06. The Morgan fingerprint density at radius 1 is 1.13 bits per heavy atom. The maximum absolute atomic E-state index is 14.0. The molecule has 23 heavy (non-hydrogen) atoms. The van der Waals surface area contributed by atoms with Gasteiger partial charge in [-0.3, -0.25) is 4.68 Å². The Morgan fingerprint density at radius 3 is 2.57 bits per heavy atom. The molecule has 0 unspecified atom stereocenters. The Balaban J connectivity index is 1.82. The summed E-state index contributed by atoms with van der Waals surface area (Å²) in [6.45, 7) is 0.442. The fraction of sp³-hybridized carbons (Fsp3) is 0.125. The van der Waals surface area contributed by atoms with E-state index in [2.05, 4.69) is 15.4 Å². The summed E-state index contributed by atoms with van der Waals surface area (Å²) < 4.78 is 15.6. The summed E-state index contributed by atoms with van der Waals surface area (Å²) in [6, 6.07) is 11.8. The van der Waals surface area contributed by atoms with Crippen molar-refractivity contribution in [3.05, 3.63) is 64.2 Å². The van der Waals surface area contributed by atoms with Crippen LogP contribution in [0.5, 0.6) is 0 Å². The van der Waals surface area contributed by atoms with E-state index < -0.39 is 5.82 Å². The molecule has 3 rings (SSSR count). The Bertz CT molecular complexity index is 810. The number of nitrogens with zero attached hydrogens (tertiary/aromatic N) is 3. The van der Waals surface area contributed by atoms with Crippen molar-refractivity contribution in [2.24, 2.45) is 7.05 Å². The van der Waals surface area contributed by atoms with Gasteiger partial charge in [-0.1, -0.05) is 29.3 Å². The van der Waals surface area contributed by atoms with Crippen molar-refractivity contribution < 1.29 is 4.39 Å². The summed E-state index contributed by atoms with van der Waals surface area (Å²) in [6.07, 6.45) is 0. The number of hydrogen-bond acceptors (Lipinski definition) is 3. The number of halogens is 3. The zero-order valence-corrected chi connectivity index (χ0v) is 13.7. The Morgan fingerprint density at radius 2 is 1.87 bits per heavy atom.